The molecule has 0 aromatic heterocycles. The van der Waals surface area contributed by atoms with E-state index in [1.54, 1.807) is 11.8 Å². The summed E-state index contributed by atoms with van der Waals surface area (Å²) in [7, 11) is 0. The average molecular weight is 423 g/mol. The van der Waals surface area contributed by atoms with Crippen molar-refractivity contribution in [3.05, 3.63) is 65.7 Å². The van der Waals surface area contributed by atoms with Crippen LogP contribution in [0.5, 0.6) is 0 Å². The first-order valence-corrected chi connectivity index (χ1v) is 12.1. The summed E-state index contributed by atoms with van der Waals surface area (Å²) in [6.45, 7) is 2.16. The Balaban J connectivity index is 1.20. The third kappa shape index (κ3) is 5.25. The number of amides is 2. The molecule has 4 rings (SSSR count). The lowest BCUT2D eigenvalue weighted by atomic mass is 9.84. The van der Waals surface area contributed by atoms with Crippen molar-refractivity contribution in [2.24, 2.45) is 17.8 Å². The Bertz CT molecular complexity index is 868. The lowest BCUT2D eigenvalue weighted by Crippen LogP contribution is -2.40. The molecule has 158 valence electrons. The smallest absolute Gasteiger partial charge is 0.251 e. The molecule has 4 atom stereocenters. The molecule has 30 heavy (non-hydrogen) atoms. The van der Waals surface area contributed by atoms with Gasteiger partial charge in [0, 0.05) is 23.0 Å². The van der Waals surface area contributed by atoms with E-state index >= 15 is 0 Å². The van der Waals surface area contributed by atoms with E-state index < -0.39 is 0 Å². The highest BCUT2D eigenvalue weighted by Crippen LogP contribution is 2.49. The summed E-state index contributed by atoms with van der Waals surface area (Å²) in [6, 6.07) is 17.5. The van der Waals surface area contributed by atoms with Crippen LogP contribution in [0.2, 0.25) is 0 Å². The molecule has 2 N–H and O–H groups in total. The highest BCUT2D eigenvalue weighted by Gasteiger charge is 2.42. The van der Waals surface area contributed by atoms with Crippen LogP contribution in [0, 0.1) is 17.8 Å². The van der Waals surface area contributed by atoms with Crippen LogP contribution >= 0.6 is 11.8 Å². The summed E-state index contributed by atoms with van der Waals surface area (Å²) in [4.78, 5) is 24.7. The molecule has 5 heteroatoms. The van der Waals surface area contributed by atoms with Gasteiger partial charge in [0.15, 0.2) is 0 Å². The van der Waals surface area contributed by atoms with Crippen molar-refractivity contribution in [2.75, 3.05) is 11.1 Å². The topological polar surface area (TPSA) is 58.2 Å². The van der Waals surface area contributed by atoms with Gasteiger partial charge in [0.1, 0.15) is 0 Å². The van der Waals surface area contributed by atoms with E-state index in [1.165, 1.54) is 25.7 Å². The molecule has 0 spiro atoms. The van der Waals surface area contributed by atoms with E-state index in [0.29, 0.717) is 17.2 Å². The number of rotatable bonds is 8. The number of nitrogens with one attached hydrogen (secondary N) is 2. The number of carbonyl (C=O) groups excluding carboxylic acids is 2. The number of hydrogen-bond donors (Lipinski definition) is 2. The molecule has 0 radical (unpaired) electrons. The molecule has 4 nitrogen and oxygen atoms in total. The molecule has 2 aliphatic rings. The summed E-state index contributed by atoms with van der Waals surface area (Å²) in [6.07, 6.45) is 5.36. The van der Waals surface area contributed by atoms with Crippen molar-refractivity contribution in [1.82, 2.24) is 5.32 Å². The monoisotopic (exact) mass is 422 g/mol. The average Bonchev–Trinajstić information content (AvgIpc) is 3.39. The molecule has 2 aliphatic carbocycles. The Morgan fingerprint density at radius 1 is 1.03 bits per heavy atom. The van der Waals surface area contributed by atoms with E-state index in [-0.39, 0.29) is 17.9 Å². The van der Waals surface area contributed by atoms with E-state index in [4.69, 9.17) is 0 Å². The van der Waals surface area contributed by atoms with Gasteiger partial charge >= 0.3 is 0 Å². The molecular weight excluding hydrogens is 392 g/mol. The minimum absolute atomic E-state index is 0.00296. The predicted molar refractivity (Wildman–Crippen MR) is 124 cm³/mol. The Morgan fingerprint density at radius 3 is 2.47 bits per heavy atom. The molecular formula is C25H30N2O2S. The lowest BCUT2D eigenvalue weighted by Gasteiger charge is -2.28. The van der Waals surface area contributed by atoms with Crippen molar-refractivity contribution in [1.29, 1.82) is 0 Å². The van der Waals surface area contributed by atoms with E-state index in [1.807, 2.05) is 54.6 Å². The zero-order chi connectivity index (χ0) is 20.9. The van der Waals surface area contributed by atoms with Gasteiger partial charge in [-0.15, -0.1) is 11.8 Å². The molecule has 2 fully saturated rings. The number of benzene rings is 2. The van der Waals surface area contributed by atoms with E-state index in [0.717, 1.165) is 28.8 Å². The second kappa shape index (κ2) is 9.69. The highest BCUT2D eigenvalue weighted by molar-refractivity contribution is 7.99. The van der Waals surface area contributed by atoms with Gasteiger partial charge in [0.25, 0.3) is 5.91 Å². The maximum atomic E-state index is 12.6. The van der Waals surface area contributed by atoms with Gasteiger partial charge < -0.3 is 10.6 Å². The Labute approximate surface area is 183 Å². The van der Waals surface area contributed by atoms with Crippen molar-refractivity contribution in [3.8, 4) is 0 Å². The summed E-state index contributed by atoms with van der Waals surface area (Å²) >= 11 is 1.57. The quantitative estimate of drug-likeness (QED) is 0.621. The fourth-order valence-electron chi connectivity index (χ4n) is 5.04. The number of anilines is 1. The first-order valence-electron chi connectivity index (χ1n) is 10.9. The summed E-state index contributed by atoms with van der Waals surface area (Å²) in [5, 5.41) is 6.12. The number of para-hydroxylation sites is 1. The van der Waals surface area contributed by atoms with Crippen molar-refractivity contribution >= 4 is 29.3 Å². The fourth-order valence-corrected chi connectivity index (χ4v) is 5.82. The second-order valence-electron chi connectivity index (χ2n) is 8.70. The van der Waals surface area contributed by atoms with Crippen molar-refractivity contribution in [2.45, 2.75) is 44.4 Å². The van der Waals surface area contributed by atoms with Crippen LogP contribution < -0.4 is 10.6 Å². The minimum Gasteiger partial charge on any atom is -0.349 e. The van der Waals surface area contributed by atoms with Crippen LogP contribution in [-0.4, -0.2) is 23.6 Å². The van der Waals surface area contributed by atoms with Crippen LogP contribution in [0.3, 0.4) is 0 Å². The molecule has 2 amide bonds. The minimum atomic E-state index is -0.00296. The van der Waals surface area contributed by atoms with Crippen LogP contribution in [-0.2, 0) is 10.5 Å². The van der Waals surface area contributed by atoms with Crippen LogP contribution in [0.4, 0.5) is 5.69 Å². The Hall–Kier alpha value is -2.27. The Kier molecular flexibility index (Phi) is 6.78. The summed E-state index contributed by atoms with van der Waals surface area (Å²) in [5.41, 5.74) is 2.64. The standard InChI is InChI=1S/C25H30N2O2S/c1-17(23-14-19-9-12-21(23)13-19)26-25(29)20-10-7-18(8-11-20)15-30-16-24(28)27-22-5-3-2-4-6-22/h2-8,10-11,17,19,21,23H,9,12-16H2,1H3,(H,26,29)(H,27,28). The number of fused-ring (bicyclic) bond motifs is 2. The Morgan fingerprint density at radius 2 is 1.80 bits per heavy atom. The molecule has 0 heterocycles. The second-order valence-corrected chi connectivity index (χ2v) is 9.69. The SMILES string of the molecule is CC(NC(=O)c1ccc(CSCC(=O)Nc2ccccc2)cc1)C1CC2CCC1C2. The van der Waals surface area contributed by atoms with Gasteiger partial charge in [-0.3, -0.25) is 9.59 Å². The van der Waals surface area contributed by atoms with Crippen molar-refractivity contribution in [3.63, 3.8) is 0 Å². The molecule has 2 bridgehead atoms. The van der Waals surface area contributed by atoms with E-state index in [9.17, 15) is 9.59 Å². The van der Waals surface area contributed by atoms with Crippen molar-refractivity contribution < 1.29 is 9.59 Å². The maximum absolute atomic E-state index is 12.6. The van der Waals surface area contributed by atoms with E-state index in [2.05, 4.69) is 17.6 Å². The molecule has 0 aliphatic heterocycles. The summed E-state index contributed by atoms with van der Waals surface area (Å²) < 4.78 is 0. The molecule has 4 unspecified atom stereocenters. The van der Waals surface area contributed by atoms with Gasteiger partial charge in [0.2, 0.25) is 5.91 Å². The van der Waals surface area contributed by atoms with Gasteiger partial charge in [-0.25, -0.2) is 0 Å². The molecule has 0 saturated heterocycles. The van der Waals surface area contributed by atoms with Crippen LogP contribution in [0.1, 0.15) is 48.5 Å². The van der Waals surface area contributed by atoms with Gasteiger partial charge in [-0.2, -0.15) is 0 Å². The van der Waals surface area contributed by atoms with Crippen LogP contribution in [0.25, 0.3) is 0 Å². The van der Waals surface area contributed by atoms with Crippen LogP contribution in [0.15, 0.2) is 54.6 Å². The van der Waals surface area contributed by atoms with Gasteiger partial charge in [-0.05, 0) is 73.8 Å². The number of thioether (sulfide) groups is 1. The zero-order valence-corrected chi connectivity index (χ0v) is 18.3. The normalized spacial score (nSPS) is 23.2. The van der Waals surface area contributed by atoms with Gasteiger partial charge in [0.05, 0.1) is 5.75 Å². The first-order chi connectivity index (χ1) is 14.6. The van der Waals surface area contributed by atoms with Gasteiger partial charge in [-0.1, -0.05) is 36.8 Å². The highest BCUT2D eigenvalue weighted by atomic mass is 32.2. The third-order valence-electron chi connectivity index (χ3n) is 6.57. The fraction of sp³-hybridized carbons (Fsp3) is 0.440. The molecule has 2 aromatic carbocycles. The number of hydrogen-bond acceptors (Lipinski definition) is 3. The first kappa shape index (κ1) is 21.0. The largest absolute Gasteiger partial charge is 0.349 e. The third-order valence-corrected chi connectivity index (χ3v) is 7.57. The molecule has 2 aromatic rings. The maximum Gasteiger partial charge on any atom is 0.251 e. The lowest BCUT2D eigenvalue weighted by molar-refractivity contribution is -0.113. The zero-order valence-electron chi connectivity index (χ0n) is 17.5. The predicted octanol–water partition coefficient (Wildman–Crippen LogP) is 5.11. The molecule has 2 saturated carbocycles. The summed E-state index contributed by atoms with van der Waals surface area (Å²) in [5.74, 6) is 3.51. The number of carbonyl (C=O) groups is 2.